The monoisotopic (exact) mass is 490 g/mol. The van der Waals surface area contributed by atoms with E-state index in [9.17, 15) is 13.2 Å². The molecule has 0 saturated carbocycles. The first-order valence-corrected chi connectivity index (χ1v) is 13.0. The van der Waals surface area contributed by atoms with Gasteiger partial charge >= 0.3 is 0 Å². The smallest absolute Gasteiger partial charge is 0.252 e. The van der Waals surface area contributed by atoms with Crippen LogP contribution in [0.25, 0.3) is 10.9 Å². The Hall–Kier alpha value is -3.62. The minimum atomic E-state index is -3.97. The molecule has 5 rings (SSSR count). The van der Waals surface area contributed by atoms with E-state index >= 15 is 0 Å². The molecule has 1 N–H and O–H groups in total. The number of H-pyrrole nitrogens is 1. The van der Waals surface area contributed by atoms with Crippen LogP contribution < -0.4 is 15.0 Å². The van der Waals surface area contributed by atoms with Crippen LogP contribution in [-0.2, 0) is 29.5 Å². The maximum absolute atomic E-state index is 13.8. The van der Waals surface area contributed by atoms with Crippen LogP contribution in [0.15, 0.2) is 82.5 Å². The summed E-state index contributed by atoms with van der Waals surface area (Å²) in [7, 11) is -3.97. The lowest BCUT2D eigenvalue weighted by molar-refractivity contribution is 0.171. The van der Waals surface area contributed by atoms with Gasteiger partial charge in [-0.2, -0.15) is 4.31 Å². The number of rotatable bonds is 7. The molecule has 0 bridgehead atoms. The topological polar surface area (TPSA) is 88.7 Å². The number of aromatic nitrogens is 1. The van der Waals surface area contributed by atoms with Crippen LogP contribution in [0.3, 0.4) is 0 Å². The SMILES string of the molecule is CCc1ccc2[nH]c(=O)c(CN(Cc3ccccc3)S(=O)(=O)c3ccc4c(c3)OCCO4)cc2c1. The van der Waals surface area contributed by atoms with E-state index in [1.807, 2.05) is 48.5 Å². The van der Waals surface area contributed by atoms with Gasteiger partial charge in [-0.25, -0.2) is 8.42 Å². The molecule has 1 aliphatic heterocycles. The van der Waals surface area contributed by atoms with E-state index in [1.165, 1.54) is 16.4 Å². The van der Waals surface area contributed by atoms with E-state index in [2.05, 4.69) is 11.9 Å². The van der Waals surface area contributed by atoms with Gasteiger partial charge in [0, 0.05) is 30.2 Å². The summed E-state index contributed by atoms with van der Waals surface area (Å²) in [6, 6.07) is 21.6. The molecule has 0 spiro atoms. The van der Waals surface area contributed by atoms with Crippen LogP contribution >= 0.6 is 0 Å². The Morgan fingerprint density at radius 1 is 0.857 bits per heavy atom. The fourth-order valence-corrected chi connectivity index (χ4v) is 5.60. The Morgan fingerprint density at radius 2 is 1.63 bits per heavy atom. The normalized spacial score (nSPS) is 13.3. The molecule has 8 heteroatoms. The van der Waals surface area contributed by atoms with E-state index in [0.717, 1.165) is 28.5 Å². The van der Waals surface area contributed by atoms with Gasteiger partial charge in [0.2, 0.25) is 10.0 Å². The fourth-order valence-electron chi connectivity index (χ4n) is 4.17. The Morgan fingerprint density at radius 3 is 2.40 bits per heavy atom. The van der Waals surface area contributed by atoms with E-state index in [0.29, 0.717) is 30.3 Å². The van der Waals surface area contributed by atoms with Crippen molar-refractivity contribution in [3.05, 3.63) is 99.8 Å². The highest BCUT2D eigenvalue weighted by Crippen LogP contribution is 2.33. The molecule has 0 saturated heterocycles. The highest BCUT2D eigenvalue weighted by atomic mass is 32.2. The average molecular weight is 491 g/mol. The van der Waals surface area contributed by atoms with Crippen molar-refractivity contribution >= 4 is 20.9 Å². The van der Waals surface area contributed by atoms with Gasteiger partial charge in [0.25, 0.3) is 5.56 Å². The molecule has 0 radical (unpaired) electrons. The summed E-state index contributed by atoms with van der Waals surface area (Å²) in [4.78, 5) is 15.9. The van der Waals surface area contributed by atoms with Gasteiger partial charge < -0.3 is 14.5 Å². The summed E-state index contributed by atoms with van der Waals surface area (Å²) in [6.07, 6.45) is 0.864. The third-order valence-electron chi connectivity index (χ3n) is 6.09. The number of fused-ring (bicyclic) bond motifs is 2. The van der Waals surface area contributed by atoms with Gasteiger partial charge in [-0.05, 0) is 53.3 Å². The maximum Gasteiger partial charge on any atom is 0.252 e. The maximum atomic E-state index is 13.8. The summed E-state index contributed by atoms with van der Waals surface area (Å²) < 4.78 is 40.1. The molecule has 35 heavy (non-hydrogen) atoms. The van der Waals surface area contributed by atoms with Crippen LogP contribution in [0.4, 0.5) is 0 Å². The average Bonchev–Trinajstić information content (AvgIpc) is 2.88. The second-order valence-electron chi connectivity index (χ2n) is 8.46. The summed E-state index contributed by atoms with van der Waals surface area (Å²) in [5, 5.41) is 0.871. The molecular weight excluding hydrogens is 464 g/mol. The molecule has 0 fully saturated rings. The van der Waals surface area contributed by atoms with E-state index in [4.69, 9.17) is 9.47 Å². The predicted octanol–water partition coefficient (Wildman–Crippen LogP) is 4.25. The van der Waals surface area contributed by atoms with Crippen molar-refractivity contribution in [2.45, 2.75) is 31.3 Å². The van der Waals surface area contributed by atoms with E-state index < -0.39 is 10.0 Å². The van der Waals surface area contributed by atoms with Gasteiger partial charge in [0.1, 0.15) is 13.2 Å². The second kappa shape index (κ2) is 9.56. The van der Waals surface area contributed by atoms with Crippen molar-refractivity contribution < 1.29 is 17.9 Å². The highest BCUT2D eigenvalue weighted by Gasteiger charge is 2.28. The molecule has 180 valence electrons. The Labute approximate surface area is 204 Å². The molecule has 2 heterocycles. The van der Waals surface area contributed by atoms with Crippen molar-refractivity contribution in [2.75, 3.05) is 13.2 Å². The number of ether oxygens (including phenoxy) is 2. The first-order chi connectivity index (χ1) is 16.9. The second-order valence-corrected chi connectivity index (χ2v) is 10.4. The third-order valence-corrected chi connectivity index (χ3v) is 7.88. The first kappa shape index (κ1) is 23.1. The third kappa shape index (κ3) is 4.80. The Kier molecular flexibility index (Phi) is 6.32. The van der Waals surface area contributed by atoms with E-state index in [1.54, 1.807) is 12.1 Å². The minimum absolute atomic E-state index is 0.0761. The molecule has 1 aromatic heterocycles. The van der Waals surface area contributed by atoms with Gasteiger partial charge in [0.15, 0.2) is 11.5 Å². The van der Waals surface area contributed by atoms with Crippen molar-refractivity contribution in [1.29, 1.82) is 0 Å². The van der Waals surface area contributed by atoms with E-state index in [-0.39, 0.29) is 23.5 Å². The summed E-state index contributed by atoms with van der Waals surface area (Å²) in [5.41, 5.74) is 2.75. The lowest BCUT2D eigenvalue weighted by Crippen LogP contribution is -2.32. The van der Waals surface area contributed by atoms with Gasteiger partial charge in [-0.1, -0.05) is 43.3 Å². The molecule has 4 aromatic rings. The van der Waals surface area contributed by atoms with Crippen molar-refractivity contribution in [2.24, 2.45) is 0 Å². The van der Waals surface area contributed by atoms with Gasteiger partial charge in [-0.15, -0.1) is 0 Å². The number of nitrogens with one attached hydrogen (secondary N) is 1. The molecule has 0 atom stereocenters. The zero-order valence-electron chi connectivity index (χ0n) is 19.4. The summed E-state index contributed by atoms with van der Waals surface area (Å²) >= 11 is 0. The molecule has 7 nitrogen and oxygen atoms in total. The van der Waals surface area contributed by atoms with Crippen LogP contribution in [-0.4, -0.2) is 30.9 Å². The largest absolute Gasteiger partial charge is 0.486 e. The number of nitrogens with zero attached hydrogens (tertiary/aromatic N) is 1. The number of aromatic amines is 1. The lowest BCUT2D eigenvalue weighted by atomic mass is 10.1. The zero-order chi connectivity index (χ0) is 24.4. The standard InChI is InChI=1S/C27H26N2O5S/c1-2-19-8-10-24-21(14-19)15-22(27(30)28-24)18-29(17-20-6-4-3-5-7-20)35(31,32)23-9-11-25-26(16-23)34-13-12-33-25/h3-11,14-16H,2,12-13,17-18H2,1H3,(H,28,30). The zero-order valence-corrected chi connectivity index (χ0v) is 20.2. The molecule has 3 aromatic carbocycles. The summed E-state index contributed by atoms with van der Waals surface area (Å²) in [6.45, 7) is 2.88. The molecular formula is C27H26N2O5S. The Balaban J connectivity index is 1.56. The number of hydrogen-bond donors (Lipinski definition) is 1. The minimum Gasteiger partial charge on any atom is -0.486 e. The van der Waals surface area contributed by atoms with Crippen molar-refractivity contribution in [1.82, 2.24) is 9.29 Å². The molecule has 0 amide bonds. The van der Waals surface area contributed by atoms with Crippen molar-refractivity contribution in [3.63, 3.8) is 0 Å². The quantitative estimate of drug-likeness (QED) is 0.418. The Bertz CT molecular complexity index is 1530. The van der Waals surface area contributed by atoms with Crippen molar-refractivity contribution in [3.8, 4) is 11.5 Å². The van der Waals surface area contributed by atoms with Crippen LogP contribution in [0.2, 0.25) is 0 Å². The highest BCUT2D eigenvalue weighted by molar-refractivity contribution is 7.89. The first-order valence-electron chi connectivity index (χ1n) is 11.5. The number of pyridine rings is 1. The predicted molar refractivity (Wildman–Crippen MR) is 134 cm³/mol. The van der Waals surface area contributed by atoms with Gasteiger partial charge in [0.05, 0.1) is 4.90 Å². The molecule has 0 unspecified atom stereocenters. The van der Waals surface area contributed by atoms with Gasteiger partial charge in [-0.3, -0.25) is 4.79 Å². The number of aryl methyl sites for hydroxylation is 1. The summed E-state index contributed by atoms with van der Waals surface area (Å²) in [5.74, 6) is 0.912. The molecule has 0 aliphatic carbocycles. The van der Waals surface area contributed by atoms with Crippen LogP contribution in [0.5, 0.6) is 11.5 Å². The number of benzene rings is 3. The fraction of sp³-hybridized carbons (Fsp3) is 0.222. The number of sulfonamides is 1. The number of hydrogen-bond acceptors (Lipinski definition) is 5. The van der Waals surface area contributed by atoms with Crippen LogP contribution in [0.1, 0.15) is 23.6 Å². The molecule has 1 aliphatic rings. The lowest BCUT2D eigenvalue weighted by Gasteiger charge is -2.24. The van der Waals surface area contributed by atoms with Crippen LogP contribution in [0, 0.1) is 0 Å².